The lowest BCUT2D eigenvalue weighted by molar-refractivity contribution is 0.0454. The second-order valence-electron chi connectivity index (χ2n) is 6.56. The van der Waals surface area contributed by atoms with Crippen molar-refractivity contribution in [3.8, 4) is 5.88 Å². The van der Waals surface area contributed by atoms with Crippen LogP contribution in [0.15, 0.2) is 12.4 Å². The van der Waals surface area contributed by atoms with Crippen LogP contribution in [0.3, 0.4) is 0 Å². The molecule has 2 fully saturated rings. The van der Waals surface area contributed by atoms with Crippen LogP contribution in [0.25, 0.3) is 0 Å². The molecule has 2 heterocycles. The van der Waals surface area contributed by atoms with Gasteiger partial charge in [-0.25, -0.2) is 9.78 Å². The van der Waals surface area contributed by atoms with E-state index in [1.165, 1.54) is 0 Å². The van der Waals surface area contributed by atoms with Gasteiger partial charge in [0.1, 0.15) is 5.60 Å². The molecular formula is C16H23N3O3. The van der Waals surface area contributed by atoms with E-state index >= 15 is 0 Å². The Kier molecular flexibility index (Phi) is 4.18. The third kappa shape index (κ3) is 3.87. The first-order valence-electron chi connectivity index (χ1n) is 7.93. The lowest BCUT2D eigenvalue weighted by Gasteiger charge is -2.31. The maximum Gasteiger partial charge on any atom is 0.410 e. The van der Waals surface area contributed by atoms with Crippen molar-refractivity contribution in [3.05, 3.63) is 18.1 Å². The largest absolute Gasteiger partial charge is 0.476 e. The molecule has 0 unspecified atom stereocenters. The Bertz CT molecular complexity index is 520. The minimum atomic E-state index is -0.193. The molecule has 3 rings (SSSR count). The molecule has 0 radical (unpaired) electrons. The summed E-state index contributed by atoms with van der Waals surface area (Å²) in [5, 5.41) is 0. The van der Waals surface area contributed by atoms with E-state index in [4.69, 9.17) is 9.47 Å². The predicted octanol–water partition coefficient (Wildman–Crippen LogP) is 2.56. The van der Waals surface area contributed by atoms with Crippen LogP contribution in [-0.4, -0.2) is 46.3 Å². The van der Waals surface area contributed by atoms with Crippen LogP contribution in [0.5, 0.6) is 5.88 Å². The Morgan fingerprint density at radius 3 is 2.64 bits per heavy atom. The zero-order valence-corrected chi connectivity index (χ0v) is 13.2. The van der Waals surface area contributed by atoms with E-state index in [-0.39, 0.29) is 11.7 Å². The molecular weight excluding hydrogens is 282 g/mol. The Morgan fingerprint density at radius 2 is 2.05 bits per heavy atom. The van der Waals surface area contributed by atoms with Crippen molar-refractivity contribution in [1.82, 2.24) is 14.9 Å². The number of aromatic nitrogens is 2. The summed E-state index contributed by atoms with van der Waals surface area (Å²) in [6, 6.07) is 0. The minimum Gasteiger partial charge on any atom is -0.476 e. The summed E-state index contributed by atoms with van der Waals surface area (Å²) in [7, 11) is 0. The van der Waals surface area contributed by atoms with Crippen molar-refractivity contribution in [2.24, 2.45) is 5.92 Å². The van der Waals surface area contributed by atoms with E-state index in [0.29, 0.717) is 18.4 Å². The fourth-order valence-corrected chi connectivity index (χ4v) is 2.49. The van der Waals surface area contributed by atoms with E-state index in [2.05, 4.69) is 9.97 Å². The summed E-state index contributed by atoms with van der Waals surface area (Å²) in [4.78, 5) is 22.2. The molecule has 6 nitrogen and oxygen atoms in total. The number of carbonyl (C=O) groups excluding carboxylic acids is 1. The zero-order valence-electron chi connectivity index (χ0n) is 13.2. The molecule has 1 amide bonds. The standard InChI is InChI=1S/C16H23N3O3/c1-12-9-18-14(10-17-12)21-11-13-3-7-19(8-4-13)15(20)22-16(2)5-6-16/h9-10,13H,3-8,11H2,1-2H3. The number of nitrogens with zero attached hydrogens (tertiary/aromatic N) is 3. The number of rotatable bonds is 4. The van der Waals surface area contributed by atoms with Crippen molar-refractivity contribution in [2.75, 3.05) is 19.7 Å². The fourth-order valence-electron chi connectivity index (χ4n) is 2.49. The summed E-state index contributed by atoms with van der Waals surface area (Å²) >= 11 is 0. The lowest BCUT2D eigenvalue weighted by Crippen LogP contribution is -2.41. The molecule has 1 aliphatic heterocycles. The molecule has 1 aromatic rings. The van der Waals surface area contributed by atoms with Gasteiger partial charge in [0.2, 0.25) is 5.88 Å². The van der Waals surface area contributed by atoms with Gasteiger partial charge in [-0.3, -0.25) is 4.98 Å². The zero-order chi connectivity index (χ0) is 15.6. The molecule has 1 aliphatic carbocycles. The molecule has 1 saturated heterocycles. The van der Waals surface area contributed by atoms with E-state index in [1.54, 1.807) is 12.4 Å². The van der Waals surface area contributed by atoms with Gasteiger partial charge in [-0.1, -0.05) is 0 Å². The highest BCUT2D eigenvalue weighted by molar-refractivity contribution is 5.68. The Hall–Kier alpha value is -1.85. The first kappa shape index (κ1) is 15.1. The van der Waals surface area contributed by atoms with Crippen LogP contribution in [0.4, 0.5) is 4.79 Å². The van der Waals surface area contributed by atoms with Gasteiger partial charge in [0.05, 0.1) is 24.7 Å². The highest BCUT2D eigenvalue weighted by Gasteiger charge is 2.42. The van der Waals surface area contributed by atoms with Crippen LogP contribution < -0.4 is 4.74 Å². The summed E-state index contributed by atoms with van der Waals surface area (Å²) in [6.07, 6.45) is 7.03. The molecule has 1 aromatic heterocycles. The summed E-state index contributed by atoms with van der Waals surface area (Å²) in [5.41, 5.74) is 0.685. The number of hydrogen-bond donors (Lipinski definition) is 0. The number of piperidine rings is 1. The molecule has 22 heavy (non-hydrogen) atoms. The van der Waals surface area contributed by atoms with Crippen molar-refractivity contribution < 1.29 is 14.3 Å². The van der Waals surface area contributed by atoms with E-state index in [0.717, 1.165) is 44.5 Å². The predicted molar refractivity (Wildman–Crippen MR) is 80.7 cm³/mol. The summed E-state index contributed by atoms with van der Waals surface area (Å²) in [6.45, 7) is 5.99. The van der Waals surface area contributed by atoms with Crippen molar-refractivity contribution >= 4 is 6.09 Å². The number of aryl methyl sites for hydroxylation is 1. The third-order valence-corrected chi connectivity index (χ3v) is 4.38. The molecule has 0 spiro atoms. The fraction of sp³-hybridized carbons (Fsp3) is 0.688. The van der Waals surface area contributed by atoms with E-state index in [9.17, 15) is 4.79 Å². The highest BCUT2D eigenvalue weighted by Crippen LogP contribution is 2.39. The minimum absolute atomic E-state index is 0.163. The van der Waals surface area contributed by atoms with Crippen molar-refractivity contribution in [3.63, 3.8) is 0 Å². The molecule has 0 aromatic carbocycles. The number of amides is 1. The van der Waals surface area contributed by atoms with Crippen molar-refractivity contribution in [1.29, 1.82) is 0 Å². The average Bonchev–Trinajstić information content (AvgIpc) is 3.24. The molecule has 6 heteroatoms. The third-order valence-electron chi connectivity index (χ3n) is 4.38. The van der Waals surface area contributed by atoms with Crippen LogP contribution in [0.2, 0.25) is 0 Å². The molecule has 0 N–H and O–H groups in total. The SMILES string of the molecule is Cc1cnc(OCC2CCN(C(=O)OC3(C)CC3)CC2)cn1. The lowest BCUT2D eigenvalue weighted by atomic mass is 9.98. The van der Waals surface area contributed by atoms with E-state index in [1.807, 2.05) is 18.7 Å². The second-order valence-corrected chi connectivity index (χ2v) is 6.56. The molecule has 1 saturated carbocycles. The second kappa shape index (κ2) is 6.10. The van der Waals surface area contributed by atoms with Gasteiger partial charge in [-0.15, -0.1) is 0 Å². The monoisotopic (exact) mass is 305 g/mol. The summed E-state index contributed by atoms with van der Waals surface area (Å²) in [5.74, 6) is 1.01. The first-order valence-corrected chi connectivity index (χ1v) is 7.93. The van der Waals surface area contributed by atoms with Gasteiger partial charge >= 0.3 is 6.09 Å². The quantitative estimate of drug-likeness (QED) is 0.855. The van der Waals surface area contributed by atoms with Gasteiger partial charge in [0.25, 0.3) is 0 Å². The van der Waals surface area contributed by atoms with E-state index < -0.39 is 0 Å². The van der Waals surface area contributed by atoms with Crippen LogP contribution in [0, 0.1) is 12.8 Å². The van der Waals surface area contributed by atoms with Gasteiger partial charge in [0.15, 0.2) is 0 Å². The van der Waals surface area contributed by atoms with Gasteiger partial charge < -0.3 is 14.4 Å². The van der Waals surface area contributed by atoms with Crippen LogP contribution >= 0.6 is 0 Å². The summed E-state index contributed by atoms with van der Waals surface area (Å²) < 4.78 is 11.2. The maximum absolute atomic E-state index is 12.0. The topological polar surface area (TPSA) is 64.5 Å². The van der Waals surface area contributed by atoms with Crippen molar-refractivity contribution in [2.45, 2.75) is 45.1 Å². The number of carbonyl (C=O) groups is 1. The Balaban J connectivity index is 1.39. The molecule has 2 aliphatic rings. The van der Waals surface area contributed by atoms with Crippen LogP contribution in [-0.2, 0) is 4.74 Å². The smallest absolute Gasteiger partial charge is 0.410 e. The molecule has 120 valence electrons. The Morgan fingerprint density at radius 1 is 1.32 bits per heavy atom. The molecule has 0 atom stereocenters. The normalized spacial score (nSPS) is 20.5. The Labute approximate surface area is 130 Å². The van der Waals surface area contributed by atoms with Crippen LogP contribution in [0.1, 0.15) is 38.3 Å². The molecule has 0 bridgehead atoms. The van der Waals surface area contributed by atoms with Gasteiger partial charge in [-0.05, 0) is 45.4 Å². The number of ether oxygens (including phenoxy) is 2. The highest BCUT2D eigenvalue weighted by atomic mass is 16.6. The van der Waals surface area contributed by atoms with Gasteiger partial charge in [0, 0.05) is 13.1 Å². The number of hydrogen-bond acceptors (Lipinski definition) is 5. The average molecular weight is 305 g/mol. The van der Waals surface area contributed by atoms with Gasteiger partial charge in [-0.2, -0.15) is 0 Å². The number of likely N-dealkylation sites (tertiary alicyclic amines) is 1. The first-order chi connectivity index (χ1) is 10.5. The maximum atomic E-state index is 12.0.